The SMILES string of the molecule is CC(C)CCOC(=O)NC1CCCC(CCCCCC2CCCC(NC(=O)OCCC(C)C)C2)C1. The molecule has 2 fully saturated rings. The average Bonchev–Trinajstić information content (AvgIpc) is 2.79. The van der Waals surface area contributed by atoms with Crippen molar-refractivity contribution in [3.63, 3.8) is 0 Å². The molecule has 0 radical (unpaired) electrons. The normalized spacial score (nSPS) is 24.9. The first-order valence-electron chi connectivity index (χ1n) is 14.7. The Kier molecular flexibility index (Phi) is 14.5. The summed E-state index contributed by atoms with van der Waals surface area (Å²) in [4.78, 5) is 24.1. The molecule has 0 aromatic rings. The maximum atomic E-state index is 12.0. The Labute approximate surface area is 215 Å². The van der Waals surface area contributed by atoms with Crippen molar-refractivity contribution in [2.75, 3.05) is 13.2 Å². The van der Waals surface area contributed by atoms with Gasteiger partial charge < -0.3 is 20.1 Å². The number of carbonyl (C=O) groups is 2. The first-order chi connectivity index (χ1) is 16.8. The van der Waals surface area contributed by atoms with Crippen LogP contribution in [0.2, 0.25) is 0 Å². The summed E-state index contributed by atoms with van der Waals surface area (Å²) in [5, 5.41) is 6.20. The lowest BCUT2D eigenvalue weighted by Gasteiger charge is -2.30. The Hall–Kier alpha value is -1.46. The third-order valence-corrected chi connectivity index (χ3v) is 7.79. The molecule has 0 bridgehead atoms. The fourth-order valence-electron chi connectivity index (χ4n) is 5.60. The number of ether oxygens (including phenoxy) is 2. The van der Waals surface area contributed by atoms with Crippen LogP contribution in [0.25, 0.3) is 0 Å². The van der Waals surface area contributed by atoms with E-state index in [9.17, 15) is 9.59 Å². The quantitative estimate of drug-likeness (QED) is 0.244. The summed E-state index contributed by atoms with van der Waals surface area (Å²) in [6.45, 7) is 9.60. The van der Waals surface area contributed by atoms with Crippen LogP contribution in [0.3, 0.4) is 0 Å². The van der Waals surface area contributed by atoms with Gasteiger partial charge in [-0.2, -0.15) is 0 Å². The summed E-state index contributed by atoms with van der Waals surface area (Å²) >= 11 is 0. The van der Waals surface area contributed by atoms with E-state index in [-0.39, 0.29) is 24.3 Å². The monoisotopic (exact) mass is 494 g/mol. The molecule has 6 heteroatoms. The Morgan fingerprint density at radius 2 is 1.11 bits per heavy atom. The molecule has 2 saturated carbocycles. The molecule has 2 N–H and O–H groups in total. The number of carbonyl (C=O) groups excluding carboxylic acids is 2. The van der Waals surface area contributed by atoms with E-state index in [0.717, 1.165) is 50.4 Å². The highest BCUT2D eigenvalue weighted by molar-refractivity contribution is 5.67. The summed E-state index contributed by atoms with van der Waals surface area (Å²) < 4.78 is 10.7. The van der Waals surface area contributed by atoms with Gasteiger partial charge in [0.1, 0.15) is 0 Å². The van der Waals surface area contributed by atoms with Gasteiger partial charge in [-0.05, 0) is 62.2 Å². The van der Waals surface area contributed by atoms with Gasteiger partial charge in [-0.15, -0.1) is 0 Å². The Morgan fingerprint density at radius 3 is 1.51 bits per heavy atom. The van der Waals surface area contributed by atoms with Gasteiger partial charge >= 0.3 is 12.2 Å². The molecular formula is C29H54N2O4. The largest absolute Gasteiger partial charge is 0.450 e. The van der Waals surface area contributed by atoms with Crippen molar-refractivity contribution in [1.29, 1.82) is 0 Å². The number of alkyl carbamates (subject to hydrolysis) is 2. The number of unbranched alkanes of at least 4 members (excludes halogenated alkanes) is 2. The fraction of sp³-hybridized carbons (Fsp3) is 0.931. The van der Waals surface area contributed by atoms with Crippen LogP contribution < -0.4 is 10.6 Å². The molecule has 0 aliphatic heterocycles. The van der Waals surface area contributed by atoms with Crippen molar-refractivity contribution in [2.45, 2.75) is 136 Å². The maximum Gasteiger partial charge on any atom is 0.407 e. The van der Waals surface area contributed by atoms with Gasteiger partial charge in [0.15, 0.2) is 0 Å². The summed E-state index contributed by atoms with van der Waals surface area (Å²) in [5.41, 5.74) is 0. The van der Waals surface area contributed by atoms with Crippen LogP contribution in [0.5, 0.6) is 0 Å². The molecule has 2 aliphatic carbocycles. The van der Waals surface area contributed by atoms with Crippen LogP contribution in [0.15, 0.2) is 0 Å². The lowest BCUT2D eigenvalue weighted by Crippen LogP contribution is -2.39. The van der Waals surface area contributed by atoms with Gasteiger partial charge in [-0.1, -0.05) is 85.5 Å². The number of amides is 2. The first-order valence-corrected chi connectivity index (χ1v) is 14.7. The summed E-state index contributed by atoms with van der Waals surface area (Å²) in [7, 11) is 0. The van der Waals surface area contributed by atoms with Gasteiger partial charge in [0.25, 0.3) is 0 Å². The highest BCUT2D eigenvalue weighted by atomic mass is 16.6. The predicted octanol–water partition coefficient (Wildman–Crippen LogP) is 7.60. The van der Waals surface area contributed by atoms with E-state index in [1.165, 1.54) is 57.8 Å². The van der Waals surface area contributed by atoms with E-state index in [1.54, 1.807) is 0 Å². The van der Waals surface area contributed by atoms with Gasteiger partial charge in [0.2, 0.25) is 0 Å². The number of hydrogen-bond acceptors (Lipinski definition) is 4. The van der Waals surface area contributed by atoms with Crippen molar-refractivity contribution >= 4 is 12.2 Å². The molecular weight excluding hydrogens is 440 g/mol. The average molecular weight is 495 g/mol. The van der Waals surface area contributed by atoms with Crippen LogP contribution >= 0.6 is 0 Å². The van der Waals surface area contributed by atoms with Crippen LogP contribution in [-0.2, 0) is 9.47 Å². The molecule has 2 amide bonds. The smallest absolute Gasteiger partial charge is 0.407 e. The molecule has 6 nitrogen and oxygen atoms in total. The molecule has 2 aliphatic rings. The topological polar surface area (TPSA) is 76.7 Å². The molecule has 0 aromatic heterocycles. The third-order valence-electron chi connectivity index (χ3n) is 7.79. The van der Waals surface area contributed by atoms with Crippen molar-refractivity contribution in [2.24, 2.45) is 23.7 Å². The lowest BCUT2D eigenvalue weighted by atomic mass is 9.81. The molecule has 4 unspecified atom stereocenters. The van der Waals surface area contributed by atoms with Crippen LogP contribution in [0.4, 0.5) is 9.59 Å². The number of hydrogen-bond donors (Lipinski definition) is 2. The van der Waals surface area contributed by atoms with E-state index < -0.39 is 0 Å². The highest BCUT2D eigenvalue weighted by Gasteiger charge is 2.25. The maximum absolute atomic E-state index is 12.0. The summed E-state index contributed by atoms with van der Waals surface area (Å²) in [6, 6.07) is 0.563. The van der Waals surface area contributed by atoms with Crippen molar-refractivity contribution in [3.8, 4) is 0 Å². The van der Waals surface area contributed by atoms with Crippen LogP contribution in [-0.4, -0.2) is 37.5 Å². The molecule has 204 valence electrons. The molecule has 0 aromatic carbocycles. The molecule has 0 saturated heterocycles. The Morgan fingerprint density at radius 1 is 0.686 bits per heavy atom. The first kappa shape index (κ1) is 29.8. The van der Waals surface area contributed by atoms with E-state index in [4.69, 9.17) is 9.47 Å². The number of rotatable bonds is 14. The van der Waals surface area contributed by atoms with E-state index in [0.29, 0.717) is 25.0 Å². The molecule has 4 atom stereocenters. The van der Waals surface area contributed by atoms with Crippen molar-refractivity contribution < 1.29 is 19.1 Å². The predicted molar refractivity (Wildman–Crippen MR) is 142 cm³/mol. The van der Waals surface area contributed by atoms with Crippen molar-refractivity contribution in [1.82, 2.24) is 10.6 Å². The molecule has 0 heterocycles. The summed E-state index contributed by atoms with van der Waals surface area (Å²) in [5.74, 6) is 2.58. The van der Waals surface area contributed by atoms with E-state index in [1.807, 2.05) is 0 Å². The van der Waals surface area contributed by atoms with Crippen molar-refractivity contribution in [3.05, 3.63) is 0 Å². The highest BCUT2D eigenvalue weighted by Crippen LogP contribution is 2.31. The second-order valence-electron chi connectivity index (χ2n) is 12.0. The standard InChI is InChI=1S/C29H54N2O4/c1-22(2)16-18-34-28(32)30-26-14-8-12-24(20-26)10-6-5-7-11-25-13-9-15-27(21-25)31-29(33)35-19-17-23(3)4/h22-27H,5-21H2,1-4H3,(H,30,32)(H,31,33). The third kappa shape index (κ3) is 14.0. The minimum atomic E-state index is -0.236. The zero-order valence-electron chi connectivity index (χ0n) is 23.1. The Bertz CT molecular complexity index is 545. The zero-order chi connectivity index (χ0) is 25.5. The number of nitrogens with one attached hydrogen (secondary N) is 2. The van der Waals surface area contributed by atoms with Crippen LogP contribution in [0, 0.1) is 23.7 Å². The molecule has 35 heavy (non-hydrogen) atoms. The van der Waals surface area contributed by atoms with Gasteiger partial charge in [-0.25, -0.2) is 9.59 Å². The summed E-state index contributed by atoms with van der Waals surface area (Å²) in [6.07, 6.45) is 17.1. The molecule has 0 spiro atoms. The van der Waals surface area contributed by atoms with Gasteiger partial charge in [0.05, 0.1) is 13.2 Å². The molecule has 2 rings (SSSR count). The second-order valence-corrected chi connectivity index (χ2v) is 12.0. The fourth-order valence-corrected chi connectivity index (χ4v) is 5.60. The zero-order valence-corrected chi connectivity index (χ0v) is 23.1. The minimum Gasteiger partial charge on any atom is -0.450 e. The Balaban J connectivity index is 1.53. The lowest BCUT2D eigenvalue weighted by molar-refractivity contribution is 0.130. The van der Waals surface area contributed by atoms with E-state index >= 15 is 0 Å². The second kappa shape index (κ2) is 17.1. The van der Waals surface area contributed by atoms with Crippen LogP contribution in [0.1, 0.15) is 124 Å². The van der Waals surface area contributed by atoms with Gasteiger partial charge in [-0.3, -0.25) is 0 Å². The van der Waals surface area contributed by atoms with Gasteiger partial charge in [0, 0.05) is 12.1 Å². The van der Waals surface area contributed by atoms with E-state index in [2.05, 4.69) is 38.3 Å². The minimum absolute atomic E-state index is 0.236.